The van der Waals surface area contributed by atoms with Crippen LogP contribution in [-0.4, -0.2) is 38.5 Å². The summed E-state index contributed by atoms with van der Waals surface area (Å²) in [6.45, 7) is 0.609. The van der Waals surface area contributed by atoms with Gasteiger partial charge in [0.2, 0.25) is 0 Å². The molecule has 0 radical (unpaired) electrons. The molecule has 0 aliphatic carbocycles. The molecule has 6 nitrogen and oxygen atoms in total. The van der Waals surface area contributed by atoms with Crippen LogP contribution in [-0.2, 0) is 0 Å². The Morgan fingerprint density at radius 1 is 0.788 bits per heavy atom. The van der Waals surface area contributed by atoms with E-state index in [9.17, 15) is 4.79 Å². The van der Waals surface area contributed by atoms with Gasteiger partial charge in [-0.25, -0.2) is 4.98 Å². The summed E-state index contributed by atoms with van der Waals surface area (Å²) >= 11 is 2.13. The molecule has 0 saturated carbocycles. The molecule has 0 atom stereocenters. The fourth-order valence-corrected chi connectivity index (χ4v) is 8.36. The summed E-state index contributed by atoms with van der Waals surface area (Å²) in [6, 6.07) is 16.1. The predicted molar refractivity (Wildman–Crippen MR) is 142 cm³/mol. The van der Waals surface area contributed by atoms with Crippen molar-refractivity contribution in [2.75, 3.05) is 12.7 Å². The minimum atomic E-state index is -1.99. The Bertz CT molecular complexity index is 1070. The van der Waals surface area contributed by atoms with E-state index in [0.717, 1.165) is 22.7 Å². The van der Waals surface area contributed by atoms with Crippen molar-refractivity contribution in [3.8, 4) is 0 Å². The number of amides is 1. The second kappa shape index (κ2) is 11.4. The lowest BCUT2D eigenvalue weighted by Crippen LogP contribution is -2.34. The van der Waals surface area contributed by atoms with E-state index in [4.69, 9.17) is 0 Å². The average Bonchev–Trinajstić information content (AvgIpc) is 2.88. The zero-order valence-electron chi connectivity index (χ0n) is 18.0. The highest BCUT2D eigenvalue weighted by molar-refractivity contribution is 14.1. The third-order valence-corrected chi connectivity index (χ3v) is 10.5. The van der Waals surface area contributed by atoms with E-state index < -0.39 is 7.26 Å². The molecule has 0 bridgehead atoms. The summed E-state index contributed by atoms with van der Waals surface area (Å²) in [5, 5.41) is 6.64. The van der Waals surface area contributed by atoms with Gasteiger partial charge in [0.25, 0.3) is 5.91 Å². The molecule has 0 aliphatic rings. The standard InChI is InChI=1S/C25H23IN5OP/c26-24-10-9-20(16-31-24)25(32)30-14-1-2-15-33(21-6-3-11-27-17-21,22-7-4-12-28-18-22)23-8-5-13-29-19-23/h3-13,16-19H,1-2,14-15H2/p+1/i26-3. The Hall–Kier alpha value is -2.77. The summed E-state index contributed by atoms with van der Waals surface area (Å²) in [5.74, 6) is -0.0910. The van der Waals surface area contributed by atoms with Crippen LogP contribution in [0.15, 0.2) is 91.9 Å². The van der Waals surface area contributed by atoms with Crippen LogP contribution in [0.4, 0.5) is 0 Å². The summed E-state index contributed by atoms with van der Waals surface area (Å²) in [5.41, 5.74) is 0.582. The van der Waals surface area contributed by atoms with Crippen LogP contribution in [0.25, 0.3) is 0 Å². The molecule has 1 N–H and O–H groups in total. The van der Waals surface area contributed by atoms with Gasteiger partial charge in [-0.2, -0.15) is 0 Å². The molecule has 4 rings (SSSR count). The number of hydrogen-bond donors (Lipinski definition) is 1. The highest BCUT2D eigenvalue weighted by atomic mass is 124. The smallest absolute Gasteiger partial charge is 0.252 e. The van der Waals surface area contributed by atoms with Gasteiger partial charge in [-0.05, 0) is 84.0 Å². The molecule has 166 valence electrons. The largest absolute Gasteiger partial charge is 0.352 e. The van der Waals surface area contributed by atoms with Crippen molar-refractivity contribution in [3.05, 3.63) is 101 Å². The number of carbonyl (C=O) groups is 1. The van der Waals surface area contributed by atoms with Crippen molar-refractivity contribution >= 4 is 51.7 Å². The molecule has 0 spiro atoms. The minimum absolute atomic E-state index is 0.0910. The van der Waals surface area contributed by atoms with Crippen LogP contribution in [0.1, 0.15) is 23.2 Å². The molecular formula is C25H24IN5OP+. The van der Waals surface area contributed by atoms with Gasteiger partial charge in [-0.15, -0.1) is 0 Å². The zero-order chi connectivity index (χ0) is 22.9. The maximum absolute atomic E-state index is 12.4. The monoisotopic (exact) mass is 565 g/mol. The van der Waals surface area contributed by atoms with E-state index in [1.54, 1.807) is 30.9 Å². The molecule has 0 aromatic carbocycles. The molecule has 4 heterocycles. The number of unbranched alkanes of at least 4 members (excludes halogenated alkanes) is 1. The van der Waals surface area contributed by atoms with Crippen molar-refractivity contribution < 1.29 is 4.79 Å². The Labute approximate surface area is 207 Å². The molecule has 4 aromatic rings. The normalized spacial score (nSPS) is 11.2. The first kappa shape index (κ1) is 23.4. The summed E-state index contributed by atoms with van der Waals surface area (Å²) in [6.07, 6.45) is 15.7. The fraction of sp³-hybridized carbons (Fsp3) is 0.160. The van der Waals surface area contributed by atoms with E-state index in [0.29, 0.717) is 12.1 Å². The van der Waals surface area contributed by atoms with E-state index >= 15 is 0 Å². The molecule has 0 unspecified atom stereocenters. The second-order valence-electron chi connectivity index (χ2n) is 7.50. The Morgan fingerprint density at radius 2 is 1.36 bits per heavy atom. The predicted octanol–water partition coefficient (Wildman–Crippen LogP) is 3.38. The van der Waals surface area contributed by atoms with Gasteiger partial charge in [0.05, 0.1) is 30.3 Å². The number of rotatable bonds is 9. The van der Waals surface area contributed by atoms with Gasteiger partial charge < -0.3 is 5.32 Å². The number of pyridine rings is 4. The maximum Gasteiger partial charge on any atom is 0.252 e. The first-order chi connectivity index (χ1) is 16.2. The summed E-state index contributed by atoms with van der Waals surface area (Å²) in [7, 11) is -1.99. The SMILES string of the molecule is O=C(NCCCC[P+](c1cccnc1)(c1cccnc1)c1cccnc1)c1ccc([124I])nc1. The highest BCUT2D eigenvalue weighted by Crippen LogP contribution is 2.55. The number of aromatic nitrogens is 4. The van der Waals surface area contributed by atoms with Crippen LogP contribution in [0.5, 0.6) is 0 Å². The number of hydrogen-bond acceptors (Lipinski definition) is 5. The van der Waals surface area contributed by atoms with E-state index in [1.807, 2.05) is 42.9 Å². The Kier molecular flexibility index (Phi) is 8.07. The van der Waals surface area contributed by atoms with Gasteiger partial charge in [-0.3, -0.25) is 19.7 Å². The lowest BCUT2D eigenvalue weighted by molar-refractivity contribution is 0.0953. The first-order valence-corrected chi connectivity index (χ1v) is 13.7. The number of halogens is 1. The molecule has 0 saturated heterocycles. The molecular weight excluding hydrogens is 541 g/mol. The van der Waals surface area contributed by atoms with Crippen LogP contribution < -0.4 is 21.2 Å². The number of carbonyl (C=O) groups excluding carboxylic acids is 1. The lowest BCUT2D eigenvalue weighted by atomic mass is 10.2. The van der Waals surface area contributed by atoms with Crippen molar-refractivity contribution in [1.29, 1.82) is 0 Å². The number of nitrogens with zero attached hydrogens (tertiary/aromatic N) is 4. The molecule has 8 heteroatoms. The molecule has 1 amide bonds. The zero-order valence-corrected chi connectivity index (χ0v) is 21.1. The molecule has 0 fully saturated rings. The van der Waals surface area contributed by atoms with Gasteiger partial charge >= 0.3 is 0 Å². The fourth-order valence-electron chi connectivity index (χ4n) is 3.86. The van der Waals surface area contributed by atoms with Crippen molar-refractivity contribution in [2.24, 2.45) is 0 Å². The molecule has 0 aliphatic heterocycles. The summed E-state index contributed by atoms with van der Waals surface area (Å²) < 4.78 is 0.866. The first-order valence-electron chi connectivity index (χ1n) is 10.7. The van der Waals surface area contributed by atoms with Gasteiger partial charge in [0.1, 0.15) is 26.9 Å². The van der Waals surface area contributed by atoms with E-state index in [2.05, 4.69) is 66.0 Å². The Morgan fingerprint density at radius 3 is 1.82 bits per heavy atom. The van der Waals surface area contributed by atoms with Crippen molar-refractivity contribution in [1.82, 2.24) is 25.3 Å². The average molecular weight is 565 g/mol. The van der Waals surface area contributed by atoms with Gasteiger partial charge in [0, 0.05) is 31.3 Å². The summed E-state index contributed by atoms with van der Waals surface area (Å²) in [4.78, 5) is 29.9. The van der Waals surface area contributed by atoms with E-state index in [-0.39, 0.29) is 5.91 Å². The molecule has 4 aromatic heterocycles. The maximum atomic E-state index is 12.4. The molecule has 33 heavy (non-hydrogen) atoms. The van der Waals surface area contributed by atoms with Crippen molar-refractivity contribution in [3.63, 3.8) is 0 Å². The Balaban J connectivity index is 1.53. The van der Waals surface area contributed by atoms with Crippen LogP contribution >= 0.6 is 29.9 Å². The quantitative estimate of drug-likeness (QED) is 0.146. The van der Waals surface area contributed by atoms with Crippen molar-refractivity contribution in [2.45, 2.75) is 12.8 Å². The minimum Gasteiger partial charge on any atom is -0.352 e. The van der Waals surface area contributed by atoms with Gasteiger partial charge in [0.15, 0.2) is 0 Å². The van der Waals surface area contributed by atoms with Crippen LogP contribution in [0.3, 0.4) is 0 Å². The number of nitrogens with one attached hydrogen (secondary N) is 1. The second-order valence-corrected chi connectivity index (χ2v) is 12.2. The van der Waals surface area contributed by atoms with Crippen LogP contribution in [0.2, 0.25) is 0 Å². The van der Waals surface area contributed by atoms with Gasteiger partial charge in [-0.1, -0.05) is 0 Å². The van der Waals surface area contributed by atoms with Crippen LogP contribution in [0, 0.1) is 3.70 Å². The lowest BCUT2D eigenvalue weighted by Gasteiger charge is -2.26. The third kappa shape index (κ3) is 5.60. The third-order valence-electron chi connectivity index (χ3n) is 5.46. The highest BCUT2D eigenvalue weighted by Gasteiger charge is 2.45. The van der Waals surface area contributed by atoms with E-state index in [1.165, 1.54) is 15.9 Å². The topological polar surface area (TPSA) is 80.7 Å².